The molecule has 0 saturated heterocycles. The number of aromatic nitrogens is 3. The van der Waals surface area contributed by atoms with Gasteiger partial charge >= 0.3 is 0 Å². The Morgan fingerprint density at radius 2 is 1.65 bits per heavy atom. The summed E-state index contributed by atoms with van der Waals surface area (Å²) in [5.74, 6) is 0. The molecule has 23 heavy (non-hydrogen) atoms. The number of fused-ring (bicyclic) bond motifs is 4. The van der Waals surface area contributed by atoms with E-state index in [4.69, 9.17) is 4.98 Å². The van der Waals surface area contributed by atoms with E-state index in [1.807, 2.05) is 42.7 Å². The van der Waals surface area contributed by atoms with Crippen LogP contribution in [-0.4, -0.2) is 15.0 Å². The van der Waals surface area contributed by atoms with Gasteiger partial charge < -0.3 is 0 Å². The molecule has 4 aromatic heterocycles. The van der Waals surface area contributed by atoms with Crippen LogP contribution in [-0.2, 0) is 0 Å². The van der Waals surface area contributed by atoms with Crippen LogP contribution in [0.15, 0.2) is 67.0 Å². The van der Waals surface area contributed by atoms with Crippen molar-refractivity contribution in [1.82, 2.24) is 15.0 Å². The van der Waals surface area contributed by atoms with Crippen LogP contribution in [0.5, 0.6) is 0 Å². The molecule has 0 aliphatic carbocycles. The lowest BCUT2D eigenvalue weighted by atomic mass is 10.1. The van der Waals surface area contributed by atoms with Crippen molar-refractivity contribution < 1.29 is 0 Å². The van der Waals surface area contributed by atoms with E-state index in [0.29, 0.717) is 0 Å². The summed E-state index contributed by atoms with van der Waals surface area (Å²) in [7, 11) is 0. The summed E-state index contributed by atoms with van der Waals surface area (Å²) in [4.78, 5) is 14.9. The predicted molar refractivity (Wildman–Crippen MR) is 95.7 cm³/mol. The van der Waals surface area contributed by atoms with Gasteiger partial charge in [-0.2, -0.15) is 0 Å². The molecule has 0 radical (unpaired) electrons. The molecule has 0 amide bonds. The second-order valence-corrected chi connectivity index (χ2v) is 6.41. The van der Waals surface area contributed by atoms with E-state index in [2.05, 4.69) is 34.2 Å². The van der Waals surface area contributed by atoms with Gasteiger partial charge in [0.25, 0.3) is 0 Å². The minimum absolute atomic E-state index is 0.901. The van der Waals surface area contributed by atoms with E-state index in [-0.39, 0.29) is 0 Å². The molecule has 0 aliphatic heterocycles. The first-order valence-corrected chi connectivity index (χ1v) is 8.20. The summed E-state index contributed by atoms with van der Waals surface area (Å²) in [6.45, 7) is 0. The molecule has 0 atom stereocenters. The Morgan fingerprint density at radius 1 is 0.739 bits per heavy atom. The van der Waals surface area contributed by atoms with Gasteiger partial charge in [-0.25, -0.2) is 9.97 Å². The summed E-state index contributed by atoms with van der Waals surface area (Å²) in [5.41, 5.74) is 2.83. The molecule has 0 aliphatic rings. The second-order valence-electron chi connectivity index (χ2n) is 5.38. The van der Waals surface area contributed by atoms with Gasteiger partial charge in [-0.15, -0.1) is 11.3 Å². The molecule has 4 heterocycles. The molecule has 108 valence electrons. The Kier molecular flexibility index (Phi) is 2.66. The van der Waals surface area contributed by atoms with Crippen molar-refractivity contribution in [2.24, 2.45) is 0 Å². The molecule has 0 N–H and O–H groups in total. The van der Waals surface area contributed by atoms with Crippen LogP contribution >= 0.6 is 11.3 Å². The van der Waals surface area contributed by atoms with E-state index in [9.17, 15) is 0 Å². The van der Waals surface area contributed by atoms with Gasteiger partial charge in [-0.05, 0) is 35.7 Å². The highest BCUT2D eigenvalue weighted by Gasteiger charge is 2.11. The van der Waals surface area contributed by atoms with Crippen molar-refractivity contribution in [3.63, 3.8) is 0 Å². The van der Waals surface area contributed by atoms with Gasteiger partial charge in [-0.1, -0.05) is 24.3 Å². The molecule has 0 fully saturated rings. The van der Waals surface area contributed by atoms with Gasteiger partial charge in [0.1, 0.15) is 4.83 Å². The molecular weight excluding hydrogens is 302 g/mol. The van der Waals surface area contributed by atoms with Crippen molar-refractivity contribution in [2.45, 2.75) is 0 Å². The van der Waals surface area contributed by atoms with Crippen LogP contribution in [0.1, 0.15) is 0 Å². The third-order valence-electron chi connectivity index (χ3n) is 4.01. The first-order chi connectivity index (χ1) is 11.4. The van der Waals surface area contributed by atoms with Gasteiger partial charge in [0.2, 0.25) is 0 Å². The highest BCUT2D eigenvalue weighted by Crippen LogP contribution is 2.33. The number of benzene rings is 1. The number of hydrogen-bond acceptors (Lipinski definition) is 4. The van der Waals surface area contributed by atoms with Crippen molar-refractivity contribution in [3.8, 4) is 11.4 Å². The van der Waals surface area contributed by atoms with Gasteiger partial charge in [0.15, 0.2) is 0 Å². The Hall–Kier alpha value is -2.85. The molecule has 3 nitrogen and oxygen atoms in total. The molecule has 0 saturated carbocycles. The molecule has 1 aromatic carbocycles. The van der Waals surface area contributed by atoms with Crippen LogP contribution < -0.4 is 0 Å². The molecule has 5 aromatic rings. The highest BCUT2D eigenvalue weighted by atomic mass is 32.1. The maximum atomic E-state index is 4.89. The van der Waals surface area contributed by atoms with Crippen molar-refractivity contribution in [1.29, 1.82) is 0 Å². The SMILES string of the molecule is c1ccc2c(-c3ccc4sc5ncccc5c4n3)nccc2c1. The fraction of sp³-hybridized carbons (Fsp3) is 0. The first-order valence-electron chi connectivity index (χ1n) is 7.38. The van der Waals surface area contributed by atoms with Gasteiger partial charge in [-0.3, -0.25) is 4.98 Å². The van der Waals surface area contributed by atoms with Crippen LogP contribution in [0.25, 0.3) is 42.6 Å². The average molecular weight is 313 g/mol. The van der Waals surface area contributed by atoms with E-state index in [1.54, 1.807) is 11.3 Å². The monoisotopic (exact) mass is 313 g/mol. The third kappa shape index (κ3) is 1.92. The lowest BCUT2D eigenvalue weighted by Crippen LogP contribution is -1.89. The lowest BCUT2D eigenvalue weighted by Gasteiger charge is -2.05. The minimum Gasteiger partial charge on any atom is -0.254 e. The Bertz CT molecular complexity index is 1170. The van der Waals surface area contributed by atoms with Crippen LogP contribution in [0, 0.1) is 0 Å². The fourth-order valence-electron chi connectivity index (χ4n) is 2.93. The van der Waals surface area contributed by atoms with Crippen molar-refractivity contribution in [3.05, 3.63) is 67.0 Å². The fourth-order valence-corrected chi connectivity index (χ4v) is 3.92. The smallest absolute Gasteiger partial charge is 0.126 e. The number of nitrogens with zero attached hydrogens (tertiary/aromatic N) is 3. The zero-order valence-corrected chi connectivity index (χ0v) is 12.9. The van der Waals surface area contributed by atoms with Gasteiger partial charge in [0, 0.05) is 23.2 Å². The van der Waals surface area contributed by atoms with Crippen LogP contribution in [0.4, 0.5) is 0 Å². The summed E-state index contributed by atoms with van der Waals surface area (Å²) in [6.07, 6.45) is 3.67. The van der Waals surface area contributed by atoms with E-state index >= 15 is 0 Å². The van der Waals surface area contributed by atoms with Gasteiger partial charge in [0.05, 0.1) is 21.6 Å². The summed E-state index contributed by atoms with van der Waals surface area (Å²) in [5, 5.41) is 3.41. The zero-order valence-electron chi connectivity index (χ0n) is 12.1. The Labute approximate surface area is 136 Å². The average Bonchev–Trinajstić information content (AvgIpc) is 2.99. The molecule has 0 spiro atoms. The quantitative estimate of drug-likeness (QED) is 0.434. The van der Waals surface area contributed by atoms with Crippen LogP contribution in [0.2, 0.25) is 0 Å². The van der Waals surface area contributed by atoms with Crippen LogP contribution in [0.3, 0.4) is 0 Å². The summed E-state index contributed by atoms with van der Waals surface area (Å²) in [6, 6.07) is 18.5. The largest absolute Gasteiger partial charge is 0.254 e. The maximum absolute atomic E-state index is 4.89. The maximum Gasteiger partial charge on any atom is 0.126 e. The highest BCUT2D eigenvalue weighted by molar-refractivity contribution is 7.25. The third-order valence-corrected chi connectivity index (χ3v) is 5.08. The van der Waals surface area contributed by atoms with E-state index < -0.39 is 0 Å². The topological polar surface area (TPSA) is 38.7 Å². The molecule has 0 bridgehead atoms. The number of hydrogen-bond donors (Lipinski definition) is 0. The normalized spacial score (nSPS) is 11.5. The first kappa shape index (κ1) is 12.7. The summed E-state index contributed by atoms with van der Waals surface area (Å²) >= 11 is 1.68. The zero-order chi connectivity index (χ0) is 15.2. The van der Waals surface area contributed by atoms with Crippen molar-refractivity contribution in [2.75, 3.05) is 0 Å². The number of thiophene rings is 1. The molecular formula is C19H11N3S. The Balaban J connectivity index is 1.84. The second kappa shape index (κ2) is 4.83. The molecule has 5 rings (SSSR count). The van der Waals surface area contributed by atoms with E-state index in [0.717, 1.165) is 37.2 Å². The minimum atomic E-state index is 0.901. The van der Waals surface area contributed by atoms with E-state index in [1.165, 1.54) is 5.39 Å². The predicted octanol–water partition coefficient (Wildman–Crippen LogP) is 5.06. The molecule has 0 unspecified atom stereocenters. The van der Waals surface area contributed by atoms with Crippen molar-refractivity contribution >= 4 is 42.5 Å². The molecule has 4 heteroatoms. The Morgan fingerprint density at radius 3 is 2.65 bits per heavy atom. The summed E-state index contributed by atoms with van der Waals surface area (Å²) < 4.78 is 1.16. The lowest BCUT2D eigenvalue weighted by molar-refractivity contribution is 1.30. The number of rotatable bonds is 1. The standard InChI is InChI=1S/C19H11N3S/c1-2-5-13-12(4-1)9-11-20-17(13)15-7-8-16-18(22-15)14-6-3-10-21-19(14)23-16/h1-11H. The number of pyridine rings is 3.